The Labute approximate surface area is 238 Å². The lowest BCUT2D eigenvalue weighted by Crippen LogP contribution is -2.08. The molecule has 0 fully saturated rings. The number of aromatic nitrogens is 4. The van der Waals surface area contributed by atoms with Crippen LogP contribution in [0.5, 0.6) is 11.5 Å². The third-order valence-electron chi connectivity index (χ3n) is 6.46. The molecule has 2 atom stereocenters. The normalized spacial score (nSPS) is 16.2. The van der Waals surface area contributed by atoms with Gasteiger partial charge in [0.2, 0.25) is 0 Å². The molecule has 1 aliphatic heterocycles. The van der Waals surface area contributed by atoms with Gasteiger partial charge in [0, 0.05) is 28.1 Å². The van der Waals surface area contributed by atoms with E-state index in [1.54, 1.807) is 54.1 Å². The summed E-state index contributed by atoms with van der Waals surface area (Å²) in [6, 6.07) is 11.3. The maximum Gasteiger partial charge on any atom is 0.305 e. The Bertz CT molecular complexity index is 1490. The number of hydrogen-bond donors (Lipinski definition) is 0. The van der Waals surface area contributed by atoms with Gasteiger partial charge in [0.25, 0.3) is 0 Å². The Kier molecular flexibility index (Phi) is 8.39. The van der Waals surface area contributed by atoms with Crippen molar-refractivity contribution in [1.82, 2.24) is 19.7 Å². The number of ether oxygens (including phenoxy) is 3. The molecule has 0 spiro atoms. The minimum Gasteiger partial charge on any atom is -0.493 e. The Morgan fingerprint density at radius 3 is 2.72 bits per heavy atom. The summed E-state index contributed by atoms with van der Waals surface area (Å²) < 4.78 is 32.1. The molecular formula is C27H26ClFN4O4S2. The van der Waals surface area contributed by atoms with Crippen molar-refractivity contribution in [3.63, 3.8) is 0 Å². The zero-order valence-corrected chi connectivity index (χ0v) is 23.9. The predicted molar refractivity (Wildman–Crippen MR) is 149 cm³/mol. The van der Waals surface area contributed by atoms with Gasteiger partial charge < -0.3 is 14.2 Å². The molecule has 0 unspecified atom stereocenters. The summed E-state index contributed by atoms with van der Waals surface area (Å²) in [5.41, 5.74) is 2.54. The Hall–Kier alpha value is -3.15. The molecule has 0 saturated carbocycles. The minimum absolute atomic E-state index is 0.218. The second kappa shape index (κ2) is 11.9. The van der Waals surface area contributed by atoms with Crippen LogP contribution in [-0.2, 0) is 29.0 Å². The van der Waals surface area contributed by atoms with Crippen LogP contribution in [0.4, 0.5) is 4.39 Å². The Morgan fingerprint density at radius 2 is 1.97 bits per heavy atom. The molecule has 8 nitrogen and oxygen atoms in total. The van der Waals surface area contributed by atoms with E-state index in [4.69, 9.17) is 25.8 Å². The van der Waals surface area contributed by atoms with Gasteiger partial charge in [-0.2, -0.15) is 0 Å². The SMILES string of the molecule is COC(=O)CCc1cnc(C[C@@H]2S[C@@H](c3cccc(OC)c3OC)c3cc(Cl)ccc3-n3c(CF)nnc32)s1. The van der Waals surface area contributed by atoms with E-state index in [0.717, 1.165) is 26.7 Å². The number of para-hydroxylation sites is 1. The Balaban J connectivity index is 1.61. The van der Waals surface area contributed by atoms with Gasteiger partial charge in [0.15, 0.2) is 23.1 Å². The summed E-state index contributed by atoms with van der Waals surface area (Å²) in [5.74, 6) is 1.81. The van der Waals surface area contributed by atoms with Crippen molar-refractivity contribution in [2.24, 2.45) is 0 Å². The number of benzene rings is 2. The molecular weight excluding hydrogens is 563 g/mol. The molecule has 4 aromatic rings. The van der Waals surface area contributed by atoms with Crippen LogP contribution < -0.4 is 9.47 Å². The fraction of sp³-hybridized carbons (Fsp3) is 0.333. The fourth-order valence-corrected chi connectivity index (χ4v) is 7.45. The number of carbonyl (C=O) groups excluding carboxylic acids is 1. The molecule has 0 saturated heterocycles. The number of halogens is 2. The summed E-state index contributed by atoms with van der Waals surface area (Å²) in [7, 11) is 4.59. The fourth-order valence-electron chi connectivity index (χ4n) is 4.67. The quantitative estimate of drug-likeness (QED) is 0.217. The van der Waals surface area contributed by atoms with Crippen molar-refractivity contribution in [3.05, 3.63) is 80.3 Å². The first-order chi connectivity index (χ1) is 19.0. The number of nitrogens with zero attached hydrogens (tertiary/aromatic N) is 4. The molecule has 0 bridgehead atoms. The number of rotatable bonds is 9. The number of thiazole rings is 1. The van der Waals surface area contributed by atoms with Gasteiger partial charge in [-0.25, -0.2) is 9.37 Å². The van der Waals surface area contributed by atoms with E-state index in [2.05, 4.69) is 15.2 Å². The largest absolute Gasteiger partial charge is 0.493 e. The first-order valence-corrected chi connectivity index (χ1v) is 14.3. The second-order valence-corrected chi connectivity index (χ2v) is 11.7. The first kappa shape index (κ1) is 27.4. The molecule has 0 radical (unpaired) electrons. The number of fused-ring (bicyclic) bond motifs is 3. The van der Waals surface area contributed by atoms with E-state index in [9.17, 15) is 9.18 Å². The second-order valence-electron chi connectivity index (χ2n) is 8.73. The van der Waals surface area contributed by atoms with Gasteiger partial charge in [-0.1, -0.05) is 23.7 Å². The lowest BCUT2D eigenvalue weighted by molar-refractivity contribution is -0.140. The topological polar surface area (TPSA) is 88.4 Å². The highest BCUT2D eigenvalue weighted by molar-refractivity contribution is 8.00. The number of esters is 1. The number of alkyl halides is 1. The van der Waals surface area contributed by atoms with Crippen molar-refractivity contribution in [1.29, 1.82) is 0 Å². The minimum atomic E-state index is -0.769. The molecule has 0 amide bonds. The van der Waals surface area contributed by atoms with E-state index in [1.165, 1.54) is 7.11 Å². The molecule has 0 N–H and O–H groups in total. The van der Waals surface area contributed by atoms with Crippen LogP contribution in [-0.4, -0.2) is 47.0 Å². The third-order valence-corrected chi connectivity index (χ3v) is 9.26. The molecule has 2 aromatic carbocycles. The summed E-state index contributed by atoms with van der Waals surface area (Å²) >= 11 is 9.69. The van der Waals surface area contributed by atoms with Gasteiger partial charge in [0.1, 0.15) is 6.67 Å². The maximum atomic E-state index is 14.2. The lowest BCUT2D eigenvalue weighted by atomic mass is 10.0. The van der Waals surface area contributed by atoms with Crippen molar-refractivity contribution < 1.29 is 23.4 Å². The van der Waals surface area contributed by atoms with Crippen LogP contribution >= 0.6 is 34.7 Å². The highest BCUT2D eigenvalue weighted by atomic mass is 35.5. The van der Waals surface area contributed by atoms with E-state index in [-0.39, 0.29) is 28.7 Å². The molecule has 1 aliphatic rings. The number of methoxy groups -OCH3 is 3. The van der Waals surface area contributed by atoms with E-state index >= 15 is 0 Å². The molecule has 204 valence electrons. The monoisotopic (exact) mass is 588 g/mol. The van der Waals surface area contributed by atoms with E-state index in [0.29, 0.717) is 35.2 Å². The maximum absolute atomic E-state index is 14.2. The average Bonchev–Trinajstić information content (AvgIpc) is 3.57. The summed E-state index contributed by atoms with van der Waals surface area (Å²) in [5, 5.41) is 9.58. The Morgan fingerprint density at radius 1 is 1.13 bits per heavy atom. The highest BCUT2D eigenvalue weighted by Crippen LogP contribution is 2.53. The van der Waals surface area contributed by atoms with E-state index in [1.807, 2.05) is 30.3 Å². The lowest BCUT2D eigenvalue weighted by Gasteiger charge is -2.23. The predicted octanol–water partition coefficient (Wildman–Crippen LogP) is 6.09. The zero-order chi connectivity index (χ0) is 27.5. The number of aryl methyl sites for hydroxylation is 1. The molecule has 2 aromatic heterocycles. The third kappa shape index (κ3) is 5.48. The van der Waals surface area contributed by atoms with Crippen molar-refractivity contribution in [2.45, 2.75) is 36.4 Å². The first-order valence-electron chi connectivity index (χ1n) is 12.1. The molecule has 39 heavy (non-hydrogen) atoms. The number of thioether (sulfide) groups is 1. The van der Waals surface area contributed by atoms with Crippen LogP contribution in [0.1, 0.15) is 49.6 Å². The van der Waals surface area contributed by atoms with Crippen LogP contribution in [0.25, 0.3) is 5.69 Å². The van der Waals surface area contributed by atoms with Crippen LogP contribution in [0, 0.1) is 0 Å². The smallest absolute Gasteiger partial charge is 0.305 e. The summed E-state index contributed by atoms with van der Waals surface area (Å²) in [6.45, 7) is -0.769. The van der Waals surface area contributed by atoms with Gasteiger partial charge in [-0.15, -0.1) is 33.3 Å². The highest BCUT2D eigenvalue weighted by Gasteiger charge is 2.36. The van der Waals surface area contributed by atoms with Crippen LogP contribution in [0.3, 0.4) is 0 Å². The average molecular weight is 589 g/mol. The number of hydrogen-bond acceptors (Lipinski definition) is 9. The molecule has 5 rings (SSSR count). The van der Waals surface area contributed by atoms with Gasteiger partial charge in [-0.3, -0.25) is 9.36 Å². The van der Waals surface area contributed by atoms with Crippen LogP contribution in [0.2, 0.25) is 5.02 Å². The van der Waals surface area contributed by atoms with Gasteiger partial charge in [0.05, 0.1) is 48.9 Å². The van der Waals surface area contributed by atoms with Gasteiger partial charge >= 0.3 is 5.97 Å². The summed E-state index contributed by atoms with van der Waals surface area (Å²) in [6.07, 6.45) is 3.16. The molecule has 12 heteroatoms. The standard InChI is InChI=1S/C27H26ClFN4O4S2/c1-35-20-6-4-5-17(25(20)37-3)26-18-11-15(28)7-9-19(18)33-22(13-29)31-32-27(33)21(39-26)12-23-30-14-16(38-23)8-10-24(34)36-2/h4-7,9,11,14,21,26H,8,10,12-13H2,1-3H3/t21-,26-/m0/s1. The van der Waals surface area contributed by atoms with E-state index < -0.39 is 6.67 Å². The summed E-state index contributed by atoms with van der Waals surface area (Å²) in [4.78, 5) is 17.2. The van der Waals surface area contributed by atoms with Crippen molar-refractivity contribution in [2.75, 3.05) is 21.3 Å². The molecule has 0 aliphatic carbocycles. The van der Waals surface area contributed by atoms with Gasteiger partial charge in [-0.05, 0) is 36.2 Å². The zero-order valence-electron chi connectivity index (χ0n) is 21.5. The molecule has 3 heterocycles. The van der Waals surface area contributed by atoms with Crippen molar-refractivity contribution in [3.8, 4) is 17.2 Å². The number of carbonyl (C=O) groups is 1. The van der Waals surface area contributed by atoms with Crippen molar-refractivity contribution >= 4 is 40.7 Å². The van der Waals surface area contributed by atoms with Crippen LogP contribution in [0.15, 0.2) is 42.6 Å².